The Morgan fingerprint density at radius 1 is 1.40 bits per heavy atom. The maximum atomic E-state index is 12.6. The van der Waals surface area contributed by atoms with E-state index >= 15 is 0 Å². The summed E-state index contributed by atoms with van der Waals surface area (Å²) in [6.07, 6.45) is 3.98. The van der Waals surface area contributed by atoms with Crippen LogP contribution in [0.1, 0.15) is 47.8 Å². The number of hydrogen-bond donors (Lipinski definition) is 1. The van der Waals surface area contributed by atoms with Gasteiger partial charge in [-0.3, -0.25) is 9.59 Å². The molecule has 6 heteroatoms. The Labute approximate surface area is 116 Å². The van der Waals surface area contributed by atoms with E-state index in [1.54, 1.807) is 11.0 Å². The zero-order valence-corrected chi connectivity index (χ0v) is 11.2. The highest BCUT2D eigenvalue weighted by Crippen LogP contribution is 2.40. The minimum atomic E-state index is -0.105. The lowest BCUT2D eigenvalue weighted by Crippen LogP contribution is -2.48. The Bertz CT molecular complexity index is 564. The number of carbonyl (C=O) groups excluding carboxylic acids is 2. The first-order chi connectivity index (χ1) is 9.74. The lowest BCUT2D eigenvalue weighted by Gasteiger charge is -2.35. The summed E-state index contributed by atoms with van der Waals surface area (Å²) >= 11 is 0. The number of nitrogens with zero attached hydrogens (tertiary/aromatic N) is 2. The zero-order valence-electron chi connectivity index (χ0n) is 11.2. The third-order valence-corrected chi connectivity index (χ3v) is 4.59. The van der Waals surface area contributed by atoms with Gasteiger partial charge in [0, 0.05) is 25.1 Å². The van der Waals surface area contributed by atoms with Crippen LogP contribution in [0.2, 0.25) is 0 Å². The smallest absolute Gasteiger partial charge is 0.276 e. The van der Waals surface area contributed by atoms with E-state index in [1.807, 2.05) is 0 Å². The van der Waals surface area contributed by atoms with Gasteiger partial charge in [-0.1, -0.05) is 5.16 Å². The Hall–Kier alpha value is -1.85. The third kappa shape index (κ3) is 1.82. The second-order valence-electron chi connectivity index (χ2n) is 5.95. The first kappa shape index (κ1) is 11.9. The number of rotatable bonds is 2. The number of amides is 2. The highest BCUT2D eigenvalue weighted by atomic mass is 16.5. The Balaban J connectivity index is 1.55. The van der Waals surface area contributed by atoms with Gasteiger partial charge in [-0.25, -0.2) is 0 Å². The molecule has 2 saturated heterocycles. The van der Waals surface area contributed by atoms with Crippen LogP contribution in [0, 0.1) is 5.92 Å². The quantitative estimate of drug-likeness (QED) is 0.870. The zero-order chi connectivity index (χ0) is 13.7. The van der Waals surface area contributed by atoms with Crippen molar-refractivity contribution in [1.29, 1.82) is 0 Å². The van der Waals surface area contributed by atoms with Gasteiger partial charge in [-0.2, -0.15) is 0 Å². The average Bonchev–Trinajstić information content (AvgIpc) is 3.08. The minimum Gasteiger partial charge on any atom is -0.360 e. The largest absolute Gasteiger partial charge is 0.360 e. The van der Waals surface area contributed by atoms with Crippen molar-refractivity contribution in [3.8, 4) is 0 Å². The molecular formula is C14H17N3O3. The van der Waals surface area contributed by atoms with Gasteiger partial charge in [-0.15, -0.1) is 0 Å². The van der Waals surface area contributed by atoms with Crippen LogP contribution in [0.15, 0.2) is 10.6 Å². The highest BCUT2D eigenvalue weighted by Gasteiger charge is 2.43. The van der Waals surface area contributed by atoms with Gasteiger partial charge in [-0.05, 0) is 25.7 Å². The summed E-state index contributed by atoms with van der Waals surface area (Å²) in [7, 11) is 0. The van der Waals surface area contributed by atoms with E-state index in [0.29, 0.717) is 24.7 Å². The maximum Gasteiger partial charge on any atom is 0.276 e. The third-order valence-electron chi connectivity index (χ3n) is 4.59. The first-order valence-corrected chi connectivity index (χ1v) is 7.29. The molecule has 3 heterocycles. The summed E-state index contributed by atoms with van der Waals surface area (Å²) in [5.74, 6) is 1.19. The topological polar surface area (TPSA) is 75.4 Å². The number of aromatic nitrogens is 1. The molecule has 0 radical (unpaired) electrons. The van der Waals surface area contributed by atoms with E-state index in [1.165, 1.54) is 0 Å². The van der Waals surface area contributed by atoms with E-state index < -0.39 is 0 Å². The molecule has 2 atom stereocenters. The van der Waals surface area contributed by atoms with Gasteiger partial charge >= 0.3 is 0 Å². The molecule has 3 fully saturated rings. The molecule has 2 amide bonds. The maximum absolute atomic E-state index is 12.6. The van der Waals surface area contributed by atoms with E-state index in [2.05, 4.69) is 10.5 Å². The normalized spacial score (nSPS) is 29.2. The molecule has 0 unspecified atom stereocenters. The van der Waals surface area contributed by atoms with Crippen molar-refractivity contribution in [2.75, 3.05) is 13.1 Å². The van der Waals surface area contributed by atoms with Gasteiger partial charge in [0.05, 0.1) is 12.0 Å². The summed E-state index contributed by atoms with van der Waals surface area (Å²) in [4.78, 5) is 26.1. The van der Waals surface area contributed by atoms with Gasteiger partial charge < -0.3 is 14.7 Å². The molecule has 1 aliphatic carbocycles. The summed E-state index contributed by atoms with van der Waals surface area (Å²) in [6.45, 7) is 1.25. The number of hydrogen-bond acceptors (Lipinski definition) is 4. The second-order valence-corrected chi connectivity index (χ2v) is 5.95. The Kier molecular flexibility index (Phi) is 2.58. The fourth-order valence-electron chi connectivity index (χ4n) is 3.30. The summed E-state index contributed by atoms with van der Waals surface area (Å²) in [5.41, 5.74) is 0.381. The Morgan fingerprint density at radius 3 is 3.05 bits per heavy atom. The molecule has 1 saturated carbocycles. The molecule has 3 aliphatic rings. The molecule has 1 aromatic rings. The summed E-state index contributed by atoms with van der Waals surface area (Å²) in [6, 6.07) is 1.75. The second kappa shape index (κ2) is 4.33. The Morgan fingerprint density at radius 2 is 2.25 bits per heavy atom. The van der Waals surface area contributed by atoms with Crippen LogP contribution in [0.25, 0.3) is 0 Å². The predicted molar refractivity (Wildman–Crippen MR) is 69.0 cm³/mol. The van der Waals surface area contributed by atoms with Crippen LogP contribution >= 0.6 is 0 Å². The number of piperidine rings is 1. The number of nitrogens with one attached hydrogen (secondary N) is 1. The van der Waals surface area contributed by atoms with Crippen molar-refractivity contribution in [2.45, 2.75) is 37.6 Å². The number of likely N-dealkylation sites (tertiary alicyclic amines) is 1. The molecule has 6 nitrogen and oxygen atoms in total. The molecular weight excluding hydrogens is 258 g/mol. The SMILES string of the molecule is O=C1NC[C@@H]2[C@H]1CCCN2C(=O)c1cc(C2CC2)on1. The summed E-state index contributed by atoms with van der Waals surface area (Å²) in [5, 5.41) is 6.77. The molecule has 1 aromatic heterocycles. The van der Waals surface area contributed by atoms with Crippen molar-refractivity contribution in [3.05, 3.63) is 17.5 Å². The fraction of sp³-hybridized carbons (Fsp3) is 0.643. The van der Waals surface area contributed by atoms with Crippen molar-refractivity contribution < 1.29 is 14.1 Å². The molecule has 4 rings (SSSR count). The van der Waals surface area contributed by atoms with Gasteiger partial charge in [0.25, 0.3) is 5.91 Å². The molecule has 0 aromatic carbocycles. The van der Waals surface area contributed by atoms with E-state index in [4.69, 9.17) is 4.52 Å². The van der Waals surface area contributed by atoms with Crippen molar-refractivity contribution in [3.63, 3.8) is 0 Å². The molecule has 0 spiro atoms. The van der Waals surface area contributed by atoms with Crippen LogP contribution < -0.4 is 5.32 Å². The molecule has 106 valence electrons. The molecule has 0 bridgehead atoms. The van der Waals surface area contributed by atoms with E-state index in [0.717, 1.165) is 31.4 Å². The fourth-order valence-corrected chi connectivity index (χ4v) is 3.30. The van der Waals surface area contributed by atoms with E-state index in [9.17, 15) is 9.59 Å². The van der Waals surface area contributed by atoms with Gasteiger partial charge in [0.1, 0.15) is 5.76 Å². The van der Waals surface area contributed by atoms with Crippen molar-refractivity contribution in [1.82, 2.24) is 15.4 Å². The molecule has 20 heavy (non-hydrogen) atoms. The molecule has 2 aliphatic heterocycles. The van der Waals surface area contributed by atoms with Crippen LogP contribution in [-0.2, 0) is 4.79 Å². The summed E-state index contributed by atoms with van der Waals surface area (Å²) < 4.78 is 5.25. The van der Waals surface area contributed by atoms with Gasteiger partial charge in [0.15, 0.2) is 5.69 Å². The van der Waals surface area contributed by atoms with Crippen molar-refractivity contribution >= 4 is 11.8 Å². The van der Waals surface area contributed by atoms with Crippen LogP contribution in [-0.4, -0.2) is 41.0 Å². The predicted octanol–water partition coefficient (Wildman–Crippen LogP) is 0.903. The van der Waals surface area contributed by atoms with Crippen LogP contribution in [0.4, 0.5) is 0 Å². The highest BCUT2D eigenvalue weighted by molar-refractivity contribution is 5.94. The average molecular weight is 275 g/mol. The van der Waals surface area contributed by atoms with E-state index in [-0.39, 0.29) is 23.8 Å². The standard InChI is InChI=1S/C14H17N3O3/c18-13-9-2-1-5-17(11(9)7-15-13)14(19)10-6-12(20-16-10)8-3-4-8/h6,8-9,11H,1-5,7H2,(H,15,18)/t9-,11-/m1/s1. The number of fused-ring (bicyclic) bond motifs is 1. The minimum absolute atomic E-state index is 0.0233. The lowest BCUT2D eigenvalue weighted by molar-refractivity contribution is -0.123. The monoisotopic (exact) mass is 275 g/mol. The van der Waals surface area contributed by atoms with Gasteiger partial charge in [0.2, 0.25) is 5.91 Å². The van der Waals surface area contributed by atoms with Crippen LogP contribution in [0.5, 0.6) is 0 Å². The first-order valence-electron chi connectivity index (χ1n) is 7.29. The van der Waals surface area contributed by atoms with Crippen molar-refractivity contribution in [2.24, 2.45) is 5.92 Å². The van der Waals surface area contributed by atoms with Crippen LogP contribution in [0.3, 0.4) is 0 Å². The lowest BCUT2D eigenvalue weighted by atomic mass is 9.91. The molecule has 1 N–H and O–H groups in total. The number of carbonyl (C=O) groups is 2.